The van der Waals surface area contributed by atoms with Gasteiger partial charge in [0.2, 0.25) is 5.91 Å². The number of benzene rings is 3. The Morgan fingerprint density at radius 1 is 0.971 bits per heavy atom. The van der Waals surface area contributed by atoms with E-state index < -0.39 is 17.6 Å². The number of alkyl carbamates (subject to hydrolysis) is 1. The molecule has 0 unspecified atom stereocenters. The average Bonchev–Trinajstić information content (AvgIpc) is 3.12. The van der Waals surface area contributed by atoms with Crippen LogP contribution in [0.1, 0.15) is 47.7 Å². The number of hydrogen-bond acceptors (Lipinski definition) is 4. The standard InChI is InChI=1S/C27H25IN2O5/c1-27(2,14-24(31)29-23-13-16(25(32)33)11-12-22(23)28)30-26(34)35-15-21-19-9-5-3-7-17(19)18-8-4-6-10-20(18)21/h3-13,21H,14-15H2,1-2H3,(H,29,31)(H,30,34)(H,32,33). The average molecular weight is 584 g/mol. The second kappa shape index (κ2) is 10.1. The number of anilines is 1. The number of nitrogens with one attached hydrogen (secondary N) is 2. The van der Waals surface area contributed by atoms with Crippen molar-refractivity contribution in [2.45, 2.75) is 31.7 Å². The number of carbonyl (C=O) groups is 3. The van der Waals surface area contributed by atoms with E-state index in [1.54, 1.807) is 19.9 Å². The fourth-order valence-corrected chi connectivity index (χ4v) is 4.78. The minimum atomic E-state index is -1.07. The highest BCUT2D eigenvalue weighted by Gasteiger charge is 2.30. The fourth-order valence-electron chi connectivity index (χ4n) is 4.30. The van der Waals surface area contributed by atoms with Gasteiger partial charge in [0, 0.05) is 21.4 Å². The smallest absolute Gasteiger partial charge is 0.407 e. The third-order valence-electron chi connectivity index (χ3n) is 5.87. The molecule has 1 aliphatic carbocycles. The summed E-state index contributed by atoms with van der Waals surface area (Å²) >= 11 is 2.02. The summed E-state index contributed by atoms with van der Waals surface area (Å²) in [5.74, 6) is -1.48. The van der Waals surface area contributed by atoms with Crippen molar-refractivity contribution in [2.24, 2.45) is 0 Å². The number of carbonyl (C=O) groups excluding carboxylic acids is 2. The Morgan fingerprint density at radius 2 is 1.57 bits per heavy atom. The van der Waals surface area contributed by atoms with Crippen molar-refractivity contribution in [3.8, 4) is 11.1 Å². The van der Waals surface area contributed by atoms with Crippen LogP contribution in [0.3, 0.4) is 0 Å². The molecule has 4 rings (SSSR count). The van der Waals surface area contributed by atoms with Gasteiger partial charge >= 0.3 is 12.1 Å². The normalized spacial score (nSPS) is 12.4. The maximum Gasteiger partial charge on any atom is 0.407 e. The van der Waals surface area contributed by atoms with E-state index in [-0.39, 0.29) is 30.4 Å². The third-order valence-corrected chi connectivity index (χ3v) is 6.81. The van der Waals surface area contributed by atoms with Crippen LogP contribution >= 0.6 is 22.6 Å². The summed E-state index contributed by atoms with van der Waals surface area (Å²) in [6, 6.07) is 20.7. The molecule has 0 atom stereocenters. The number of rotatable bonds is 7. The van der Waals surface area contributed by atoms with Crippen LogP contribution < -0.4 is 10.6 Å². The van der Waals surface area contributed by atoms with Crippen molar-refractivity contribution in [2.75, 3.05) is 11.9 Å². The molecule has 0 saturated carbocycles. The second-order valence-corrected chi connectivity index (χ2v) is 10.2. The zero-order valence-electron chi connectivity index (χ0n) is 19.3. The molecular formula is C27H25IN2O5. The van der Waals surface area contributed by atoms with Gasteiger partial charge in [0.15, 0.2) is 0 Å². The van der Waals surface area contributed by atoms with E-state index in [0.29, 0.717) is 9.26 Å². The lowest BCUT2D eigenvalue weighted by Crippen LogP contribution is -2.46. The van der Waals surface area contributed by atoms with Crippen molar-refractivity contribution in [3.05, 3.63) is 87.0 Å². The van der Waals surface area contributed by atoms with Crippen LogP contribution in [0.25, 0.3) is 11.1 Å². The topological polar surface area (TPSA) is 105 Å². The zero-order chi connectivity index (χ0) is 25.2. The van der Waals surface area contributed by atoms with E-state index in [0.717, 1.165) is 22.3 Å². The number of amides is 2. The van der Waals surface area contributed by atoms with Gasteiger partial charge in [-0.15, -0.1) is 0 Å². The molecule has 0 heterocycles. The van der Waals surface area contributed by atoms with Crippen LogP contribution in [0.2, 0.25) is 0 Å². The van der Waals surface area contributed by atoms with Gasteiger partial charge in [0.25, 0.3) is 0 Å². The fraction of sp³-hybridized carbons (Fsp3) is 0.222. The largest absolute Gasteiger partial charge is 0.478 e. The molecule has 0 bridgehead atoms. The third kappa shape index (κ3) is 5.64. The predicted molar refractivity (Wildman–Crippen MR) is 142 cm³/mol. The summed E-state index contributed by atoms with van der Waals surface area (Å²) in [6.45, 7) is 3.64. The van der Waals surface area contributed by atoms with Gasteiger partial charge in [-0.1, -0.05) is 48.5 Å². The molecule has 0 saturated heterocycles. The number of ether oxygens (including phenoxy) is 1. The molecule has 0 spiro atoms. The second-order valence-electron chi connectivity index (χ2n) is 9.06. The molecule has 2 amide bonds. The van der Waals surface area contributed by atoms with E-state index in [1.165, 1.54) is 12.1 Å². The summed E-state index contributed by atoms with van der Waals surface area (Å²) in [4.78, 5) is 36.5. The predicted octanol–water partition coefficient (Wildman–Crippen LogP) is 5.64. The summed E-state index contributed by atoms with van der Waals surface area (Å²) in [5, 5.41) is 14.7. The Morgan fingerprint density at radius 3 is 2.17 bits per heavy atom. The molecule has 0 radical (unpaired) electrons. The molecule has 0 fully saturated rings. The van der Waals surface area contributed by atoms with Gasteiger partial charge in [0.05, 0.1) is 11.3 Å². The first-order valence-corrected chi connectivity index (χ1v) is 12.2. The number of hydrogen-bond donors (Lipinski definition) is 3. The highest BCUT2D eigenvalue weighted by molar-refractivity contribution is 14.1. The van der Waals surface area contributed by atoms with Crippen molar-refractivity contribution in [1.29, 1.82) is 0 Å². The molecule has 7 nitrogen and oxygen atoms in total. The molecule has 35 heavy (non-hydrogen) atoms. The summed E-state index contributed by atoms with van der Waals surface area (Å²) < 4.78 is 6.30. The van der Waals surface area contributed by atoms with Crippen molar-refractivity contribution < 1.29 is 24.2 Å². The van der Waals surface area contributed by atoms with Gasteiger partial charge in [0.1, 0.15) is 6.61 Å². The van der Waals surface area contributed by atoms with Crippen LogP contribution in [-0.4, -0.2) is 35.2 Å². The lowest BCUT2D eigenvalue weighted by molar-refractivity contribution is -0.117. The SMILES string of the molecule is CC(C)(CC(=O)Nc1cc(C(=O)O)ccc1I)NC(=O)OCC1c2ccccc2-c2ccccc21. The highest BCUT2D eigenvalue weighted by Crippen LogP contribution is 2.44. The molecule has 180 valence electrons. The van der Waals surface area contributed by atoms with Crippen molar-refractivity contribution in [3.63, 3.8) is 0 Å². The van der Waals surface area contributed by atoms with E-state index >= 15 is 0 Å². The van der Waals surface area contributed by atoms with Crippen molar-refractivity contribution >= 4 is 46.2 Å². The van der Waals surface area contributed by atoms with Gasteiger partial charge in [-0.05, 0) is 76.9 Å². The number of fused-ring (bicyclic) bond motifs is 3. The monoisotopic (exact) mass is 584 g/mol. The quantitative estimate of drug-likeness (QED) is 0.312. The molecule has 1 aliphatic rings. The Hall–Kier alpha value is -3.40. The number of halogens is 1. The Bertz CT molecular complexity index is 1260. The van der Waals surface area contributed by atoms with Crippen LogP contribution in [0.5, 0.6) is 0 Å². The van der Waals surface area contributed by atoms with Crippen LogP contribution in [0, 0.1) is 3.57 Å². The van der Waals surface area contributed by atoms with Gasteiger partial charge in [-0.25, -0.2) is 9.59 Å². The molecular weight excluding hydrogens is 559 g/mol. The van der Waals surface area contributed by atoms with E-state index in [2.05, 4.69) is 34.9 Å². The van der Waals surface area contributed by atoms with Gasteiger partial charge in [-0.3, -0.25) is 4.79 Å². The summed E-state index contributed by atoms with van der Waals surface area (Å²) in [6.07, 6.45) is -0.628. The molecule has 0 aromatic heterocycles. The molecule has 3 aromatic carbocycles. The molecule has 3 aromatic rings. The van der Waals surface area contributed by atoms with Crippen molar-refractivity contribution in [1.82, 2.24) is 5.32 Å². The minimum absolute atomic E-state index is 0.0232. The Kier molecular flexibility index (Phi) is 7.11. The zero-order valence-corrected chi connectivity index (χ0v) is 21.5. The lowest BCUT2D eigenvalue weighted by atomic mass is 9.98. The lowest BCUT2D eigenvalue weighted by Gasteiger charge is -2.26. The molecule has 8 heteroatoms. The van der Waals surface area contributed by atoms with Crippen LogP contribution in [0.4, 0.5) is 10.5 Å². The van der Waals surface area contributed by atoms with Gasteiger partial charge < -0.3 is 20.5 Å². The first-order chi connectivity index (χ1) is 16.6. The minimum Gasteiger partial charge on any atom is -0.478 e. The van der Waals surface area contributed by atoms with E-state index in [9.17, 15) is 19.5 Å². The Balaban J connectivity index is 1.36. The number of carboxylic acid groups (broad SMARTS) is 1. The molecule has 3 N–H and O–H groups in total. The number of carboxylic acids is 1. The Labute approximate surface area is 217 Å². The first kappa shape index (κ1) is 24.7. The molecule has 0 aliphatic heterocycles. The maximum atomic E-state index is 12.6. The van der Waals surface area contributed by atoms with E-state index in [1.807, 2.05) is 46.9 Å². The first-order valence-electron chi connectivity index (χ1n) is 11.1. The maximum absolute atomic E-state index is 12.6. The van der Waals surface area contributed by atoms with Crippen LogP contribution in [0.15, 0.2) is 66.7 Å². The summed E-state index contributed by atoms with van der Waals surface area (Å²) in [5.41, 5.74) is 4.15. The summed E-state index contributed by atoms with van der Waals surface area (Å²) in [7, 11) is 0. The van der Waals surface area contributed by atoms with E-state index in [4.69, 9.17) is 4.74 Å². The van der Waals surface area contributed by atoms with Crippen LogP contribution in [-0.2, 0) is 9.53 Å². The van der Waals surface area contributed by atoms with Gasteiger partial charge in [-0.2, -0.15) is 0 Å². The highest BCUT2D eigenvalue weighted by atomic mass is 127. The number of aromatic carboxylic acids is 1.